The number of carbonyl (C=O) groups excluding carboxylic acids is 1. The zero-order valence-electron chi connectivity index (χ0n) is 10.2. The molecule has 18 heavy (non-hydrogen) atoms. The molecule has 0 aliphatic carbocycles. The number of rotatable bonds is 3. The van der Waals surface area contributed by atoms with Crippen LogP contribution in [0.4, 0.5) is 4.39 Å². The minimum Gasteiger partial charge on any atom is -0.493 e. The molecule has 0 aromatic heterocycles. The van der Waals surface area contributed by atoms with Crippen molar-refractivity contribution in [2.24, 2.45) is 0 Å². The normalized spacial score (nSPS) is 21.7. The summed E-state index contributed by atoms with van der Waals surface area (Å²) in [6.07, 6.45) is 2.51. The fraction of sp³-hybridized carbons (Fsp3) is 0.357. The zero-order valence-corrected chi connectivity index (χ0v) is 10.2. The molecule has 0 radical (unpaired) electrons. The van der Waals surface area contributed by atoms with E-state index in [-0.39, 0.29) is 5.97 Å². The summed E-state index contributed by atoms with van der Waals surface area (Å²) in [5, 5.41) is 0. The van der Waals surface area contributed by atoms with E-state index in [9.17, 15) is 9.18 Å². The van der Waals surface area contributed by atoms with Gasteiger partial charge >= 0.3 is 5.97 Å². The molecule has 0 spiro atoms. The molecule has 1 aromatic rings. The van der Waals surface area contributed by atoms with Crippen molar-refractivity contribution in [2.45, 2.75) is 18.3 Å². The first kappa shape index (κ1) is 12.6. The second kappa shape index (κ2) is 4.80. The van der Waals surface area contributed by atoms with E-state index < -0.39 is 11.2 Å². The Morgan fingerprint density at radius 3 is 3.11 bits per heavy atom. The number of esters is 1. The highest BCUT2D eigenvalue weighted by molar-refractivity contribution is 5.84. The van der Waals surface area contributed by atoms with Gasteiger partial charge in [-0.05, 0) is 24.6 Å². The largest absolute Gasteiger partial charge is 0.493 e. The van der Waals surface area contributed by atoms with Gasteiger partial charge in [-0.3, -0.25) is 4.79 Å². The van der Waals surface area contributed by atoms with Crippen molar-refractivity contribution in [1.29, 1.82) is 0 Å². The van der Waals surface area contributed by atoms with Gasteiger partial charge in [0, 0.05) is 12.0 Å². The molecule has 1 aromatic carbocycles. The number of ether oxygens (including phenoxy) is 2. The molecule has 4 heteroatoms. The topological polar surface area (TPSA) is 35.5 Å². The Morgan fingerprint density at radius 1 is 1.67 bits per heavy atom. The Bertz CT molecular complexity index is 484. The smallest absolute Gasteiger partial charge is 0.316 e. The Balaban J connectivity index is 2.59. The fourth-order valence-electron chi connectivity index (χ4n) is 2.42. The molecule has 3 nitrogen and oxygen atoms in total. The molecule has 0 fully saturated rings. The molecule has 1 unspecified atom stereocenters. The van der Waals surface area contributed by atoms with E-state index in [1.807, 2.05) is 0 Å². The lowest BCUT2D eigenvalue weighted by molar-refractivity contribution is -0.148. The number of halogens is 1. The quantitative estimate of drug-likeness (QED) is 0.611. The average molecular weight is 250 g/mol. The van der Waals surface area contributed by atoms with E-state index in [4.69, 9.17) is 9.47 Å². The minimum absolute atomic E-state index is 0.377. The highest BCUT2D eigenvalue weighted by atomic mass is 19.1. The lowest BCUT2D eigenvalue weighted by Crippen LogP contribution is -2.41. The van der Waals surface area contributed by atoms with Crippen LogP contribution < -0.4 is 4.74 Å². The summed E-state index contributed by atoms with van der Waals surface area (Å²) >= 11 is 0. The van der Waals surface area contributed by atoms with Gasteiger partial charge in [0.2, 0.25) is 0 Å². The summed E-state index contributed by atoms with van der Waals surface area (Å²) in [7, 11) is 1.33. The molecule has 0 N–H and O–H groups in total. The highest BCUT2D eigenvalue weighted by Crippen LogP contribution is 2.42. The molecule has 1 atom stereocenters. The molecule has 1 aliphatic rings. The van der Waals surface area contributed by atoms with E-state index in [0.29, 0.717) is 30.8 Å². The number of hydrogen-bond acceptors (Lipinski definition) is 3. The van der Waals surface area contributed by atoms with Gasteiger partial charge in [-0.25, -0.2) is 4.39 Å². The van der Waals surface area contributed by atoms with Crippen LogP contribution >= 0.6 is 0 Å². The summed E-state index contributed by atoms with van der Waals surface area (Å²) in [6.45, 7) is 4.07. The summed E-state index contributed by atoms with van der Waals surface area (Å²) in [5.41, 5.74) is -0.341. The molecule has 96 valence electrons. The number of fused-ring (bicyclic) bond motifs is 1. The Kier molecular flexibility index (Phi) is 3.36. The third-order valence-electron chi connectivity index (χ3n) is 3.31. The van der Waals surface area contributed by atoms with Crippen LogP contribution in [-0.4, -0.2) is 19.7 Å². The van der Waals surface area contributed by atoms with Crippen LogP contribution in [0.2, 0.25) is 0 Å². The van der Waals surface area contributed by atoms with Crippen LogP contribution in [0.1, 0.15) is 18.4 Å². The van der Waals surface area contributed by atoms with E-state index in [1.165, 1.54) is 19.2 Å². The van der Waals surface area contributed by atoms with Crippen molar-refractivity contribution in [3.05, 3.63) is 42.2 Å². The van der Waals surface area contributed by atoms with Crippen molar-refractivity contribution in [2.75, 3.05) is 13.7 Å². The van der Waals surface area contributed by atoms with Crippen LogP contribution in [0.5, 0.6) is 5.75 Å². The summed E-state index contributed by atoms with van der Waals surface area (Å²) in [6, 6.07) is 4.21. The van der Waals surface area contributed by atoms with Crippen LogP contribution in [-0.2, 0) is 14.9 Å². The molecule has 0 saturated carbocycles. The Morgan fingerprint density at radius 2 is 2.44 bits per heavy atom. The predicted molar refractivity (Wildman–Crippen MR) is 65.0 cm³/mol. The first-order valence-corrected chi connectivity index (χ1v) is 5.76. The van der Waals surface area contributed by atoms with E-state index in [0.717, 1.165) is 0 Å². The van der Waals surface area contributed by atoms with Crippen molar-refractivity contribution in [1.82, 2.24) is 0 Å². The van der Waals surface area contributed by atoms with Crippen LogP contribution in [0, 0.1) is 5.82 Å². The van der Waals surface area contributed by atoms with E-state index >= 15 is 0 Å². The molecular formula is C14H15FO3. The monoisotopic (exact) mass is 250 g/mol. The molecule has 1 aliphatic heterocycles. The summed E-state index contributed by atoms with van der Waals surface area (Å²) < 4.78 is 23.8. The molecular weight excluding hydrogens is 235 g/mol. The molecule has 0 amide bonds. The minimum atomic E-state index is -0.883. The fourth-order valence-corrected chi connectivity index (χ4v) is 2.42. The van der Waals surface area contributed by atoms with Gasteiger partial charge in [0.25, 0.3) is 0 Å². The Labute approximate surface area is 105 Å². The molecule has 1 heterocycles. The number of carbonyl (C=O) groups is 1. The first-order chi connectivity index (χ1) is 8.64. The van der Waals surface area contributed by atoms with Gasteiger partial charge in [0.05, 0.1) is 13.7 Å². The number of allylic oxidation sites excluding steroid dienone is 1. The maximum atomic E-state index is 13.4. The lowest BCUT2D eigenvalue weighted by Gasteiger charge is -2.35. The average Bonchev–Trinajstić information content (AvgIpc) is 2.38. The molecule has 0 bridgehead atoms. The summed E-state index contributed by atoms with van der Waals surface area (Å²) in [4.78, 5) is 12.1. The van der Waals surface area contributed by atoms with Gasteiger partial charge in [-0.2, -0.15) is 0 Å². The number of methoxy groups -OCH3 is 1. The third kappa shape index (κ3) is 1.88. The number of hydrogen-bond donors (Lipinski definition) is 0. The van der Waals surface area contributed by atoms with Gasteiger partial charge < -0.3 is 9.47 Å². The molecule has 0 saturated heterocycles. The predicted octanol–water partition coefficient (Wildman–Crippen LogP) is 2.60. The van der Waals surface area contributed by atoms with E-state index in [2.05, 4.69) is 6.58 Å². The second-order valence-electron chi connectivity index (χ2n) is 4.31. The summed E-state index contributed by atoms with van der Waals surface area (Å²) in [5.74, 6) is -0.232. The van der Waals surface area contributed by atoms with Crippen LogP contribution in [0.15, 0.2) is 30.9 Å². The van der Waals surface area contributed by atoms with Gasteiger partial charge in [-0.15, -0.1) is 6.58 Å². The van der Waals surface area contributed by atoms with Crippen LogP contribution in [0.3, 0.4) is 0 Å². The molecule has 2 rings (SSSR count). The van der Waals surface area contributed by atoms with Crippen molar-refractivity contribution in [3.8, 4) is 5.75 Å². The number of benzene rings is 1. The van der Waals surface area contributed by atoms with Crippen molar-refractivity contribution < 1.29 is 18.7 Å². The second-order valence-corrected chi connectivity index (χ2v) is 4.31. The van der Waals surface area contributed by atoms with Crippen LogP contribution in [0.25, 0.3) is 0 Å². The third-order valence-corrected chi connectivity index (χ3v) is 3.31. The maximum absolute atomic E-state index is 13.4. The standard InChI is InChI=1S/C14H15FO3/c1-3-6-14(13(16)17-2)7-8-18-12-5-4-10(15)9-11(12)14/h3-5,9H,1,6-8H2,2H3. The van der Waals surface area contributed by atoms with Crippen molar-refractivity contribution in [3.63, 3.8) is 0 Å². The van der Waals surface area contributed by atoms with Gasteiger partial charge in [0.15, 0.2) is 0 Å². The van der Waals surface area contributed by atoms with Crippen molar-refractivity contribution >= 4 is 5.97 Å². The lowest BCUT2D eigenvalue weighted by atomic mass is 9.73. The van der Waals surface area contributed by atoms with Gasteiger partial charge in [0.1, 0.15) is 17.0 Å². The SMILES string of the molecule is C=CCC1(C(=O)OC)CCOc2ccc(F)cc21. The maximum Gasteiger partial charge on any atom is 0.316 e. The van der Waals surface area contributed by atoms with E-state index in [1.54, 1.807) is 12.1 Å². The zero-order chi connectivity index (χ0) is 13.2. The first-order valence-electron chi connectivity index (χ1n) is 5.76. The highest BCUT2D eigenvalue weighted by Gasteiger charge is 2.44. The van der Waals surface area contributed by atoms with Gasteiger partial charge in [-0.1, -0.05) is 6.08 Å². The Hall–Kier alpha value is -1.84.